The van der Waals surface area contributed by atoms with Crippen molar-refractivity contribution in [2.75, 3.05) is 26.7 Å². The number of fused-ring (bicyclic) bond motifs is 1. The van der Waals surface area contributed by atoms with E-state index in [0.717, 1.165) is 18.4 Å². The molecule has 9 heteroatoms. The molecule has 0 unspecified atom stereocenters. The zero-order valence-corrected chi connectivity index (χ0v) is 22.5. The fourth-order valence-electron chi connectivity index (χ4n) is 5.19. The Hall–Kier alpha value is -2.65. The van der Waals surface area contributed by atoms with Crippen molar-refractivity contribution >= 4 is 17.9 Å². The highest BCUT2D eigenvalue weighted by Gasteiger charge is 2.41. The number of rotatable bonds is 16. The van der Waals surface area contributed by atoms with Crippen LogP contribution in [0.1, 0.15) is 104 Å². The molecule has 1 fully saturated rings. The molecule has 0 aliphatic carbocycles. The van der Waals surface area contributed by atoms with Crippen molar-refractivity contribution in [3.63, 3.8) is 0 Å². The molecule has 0 saturated carbocycles. The van der Waals surface area contributed by atoms with Crippen LogP contribution in [0.3, 0.4) is 0 Å². The van der Waals surface area contributed by atoms with Gasteiger partial charge >= 0.3 is 12.0 Å². The zero-order chi connectivity index (χ0) is 26.6. The fourth-order valence-corrected chi connectivity index (χ4v) is 5.19. The lowest BCUT2D eigenvalue weighted by molar-refractivity contribution is -0.00486. The van der Waals surface area contributed by atoms with E-state index in [1.165, 1.54) is 69.9 Å². The zero-order valence-electron chi connectivity index (χ0n) is 22.5. The summed E-state index contributed by atoms with van der Waals surface area (Å²) in [5.41, 5.74) is 1.30. The maximum atomic E-state index is 13.0. The highest BCUT2D eigenvalue weighted by Crippen LogP contribution is 2.28. The Morgan fingerprint density at radius 3 is 2.27 bits per heavy atom. The largest absolute Gasteiger partial charge is 0.478 e. The van der Waals surface area contributed by atoms with Crippen molar-refractivity contribution in [1.29, 1.82) is 0 Å². The van der Waals surface area contributed by atoms with Crippen molar-refractivity contribution in [1.82, 2.24) is 20.7 Å². The standard InChI is InChI=1S/C28H44N4O5/c1-3-4-5-6-7-8-9-10-11-12-13-16-29-28(36)30-24-19-31(20-25(24)37-2)32-18-22-15-14-21(27(34)35)17-23(22)26(32)33/h14-15,17,24-25H,3-13,16,18-20H2,1-2H3,(H,34,35)(H2,29,30,36)/t24-,25-/m0/s1. The molecule has 2 atom stereocenters. The first-order valence-corrected chi connectivity index (χ1v) is 13.9. The van der Waals surface area contributed by atoms with E-state index in [1.807, 2.05) is 5.01 Å². The predicted molar refractivity (Wildman–Crippen MR) is 142 cm³/mol. The number of nitrogens with one attached hydrogen (secondary N) is 2. The van der Waals surface area contributed by atoms with Gasteiger partial charge in [-0.15, -0.1) is 0 Å². The molecule has 3 amide bonds. The molecule has 2 aliphatic heterocycles. The third-order valence-corrected chi connectivity index (χ3v) is 7.42. The molecule has 2 aliphatic rings. The molecule has 3 rings (SSSR count). The van der Waals surface area contributed by atoms with Crippen molar-refractivity contribution in [3.8, 4) is 0 Å². The van der Waals surface area contributed by atoms with Crippen molar-refractivity contribution in [3.05, 3.63) is 34.9 Å². The number of unbranched alkanes of at least 4 members (excludes halogenated alkanes) is 10. The lowest BCUT2D eigenvalue weighted by Gasteiger charge is -2.27. The van der Waals surface area contributed by atoms with Crippen LogP contribution < -0.4 is 10.6 Å². The van der Waals surface area contributed by atoms with Crippen LogP contribution in [0, 0.1) is 0 Å². The van der Waals surface area contributed by atoms with E-state index in [0.29, 0.717) is 31.7 Å². The summed E-state index contributed by atoms with van der Waals surface area (Å²) in [5.74, 6) is -1.28. The lowest BCUT2D eigenvalue weighted by Crippen LogP contribution is -2.48. The number of nitrogens with zero attached hydrogens (tertiary/aromatic N) is 2. The van der Waals surface area contributed by atoms with Gasteiger partial charge in [-0.05, 0) is 24.1 Å². The molecule has 206 valence electrons. The van der Waals surface area contributed by atoms with Crippen LogP contribution in [0.15, 0.2) is 18.2 Å². The molecular formula is C28H44N4O5. The van der Waals surface area contributed by atoms with E-state index < -0.39 is 5.97 Å². The average molecular weight is 517 g/mol. The maximum Gasteiger partial charge on any atom is 0.335 e. The van der Waals surface area contributed by atoms with Gasteiger partial charge in [0, 0.05) is 32.3 Å². The number of hydrazine groups is 1. The number of hydrogen-bond acceptors (Lipinski definition) is 5. The fraction of sp³-hybridized carbons (Fsp3) is 0.679. The Kier molecular flexibility index (Phi) is 11.7. The minimum atomic E-state index is -1.06. The summed E-state index contributed by atoms with van der Waals surface area (Å²) in [6.07, 6.45) is 13.7. The van der Waals surface area contributed by atoms with Crippen LogP contribution in [0.5, 0.6) is 0 Å². The van der Waals surface area contributed by atoms with Gasteiger partial charge in [0.1, 0.15) is 0 Å². The number of hydrogen-bond donors (Lipinski definition) is 3. The monoisotopic (exact) mass is 516 g/mol. The predicted octanol–water partition coefficient (Wildman–Crippen LogP) is 4.57. The van der Waals surface area contributed by atoms with E-state index in [4.69, 9.17) is 4.74 Å². The van der Waals surface area contributed by atoms with Crippen LogP contribution in [-0.4, -0.2) is 71.9 Å². The summed E-state index contributed by atoms with van der Waals surface area (Å²) >= 11 is 0. The summed E-state index contributed by atoms with van der Waals surface area (Å²) in [5, 5.41) is 18.7. The van der Waals surface area contributed by atoms with Crippen LogP contribution in [0.2, 0.25) is 0 Å². The number of carbonyl (C=O) groups excluding carboxylic acids is 2. The minimum absolute atomic E-state index is 0.0964. The first kappa shape index (κ1) is 28.9. The smallest absolute Gasteiger partial charge is 0.335 e. The number of carbonyl (C=O) groups is 3. The van der Waals surface area contributed by atoms with Gasteiger partial charge in [-0.3, -0.25) is 9.80 Å². The Balaban J connectivity index is 1.33. The topological polar surface area (TPSA) is 111 Å². The Bertz CT molecular complexity index is 909. The summed E-state index contributed by atoms with van der Waals surface area (Å²) in [6.45, 7) is 4.17. The Morgan fingerprint density at radius 1 is 1.00 bits per heavy atom. The number of carboxylic acids is 1. The van der Waals surface area contributed by atoms with Gasteiger partial charge in [-0.25, -0.2) is 14.6 Å². The van der Waals surface area contributed by atoms with Crippen LogP contribution in [0.4, 0.5) is 4.79 Å². The number of urea groups is 1. The van der Waals surface area contributed by atoms with Gasteiger partial charge in [0.05, 0.1) is 24.3 Å². The minimum Gasteiger partial charge on any atom is -0.478 e. The quantitative estimate of drug-likeness (QED) is 0.278. The number of amides is 3. The van der Waals surface area contributed by atoms with Crippen LogP contribution >= 0.6 is 0 Å². The first-order chi connectivity index (χ1) is 17.9. The van der Waals surface area contributed by atoms with E-state index in [1.54, 1.807) is 18.2 Å². The number of benzene rings is 1. The number of ether oxygens (including phenoxy) is 1. The molecule has 2 heterocycles. The molecule has 37 heavy (non-hydrogen) atoms. The molecule has 0 radical (unpaired) electrons. The second-order valence-electron chi connectivity index (χ2n) is 10.2. The van der Waals surface area contributed by atoms with E-state index in [9.17, 15) is 19.5 Å². The van der Waals surface area contributed by atoms with Gasteiger partial charge in [-0.2, -0.15) is 0 Å². The van der Waals surface area contributed by atoms with E-state index >= 15 is 0 Å². The van der Waals surface area contributed by atoms with Crippen molar-refractivity contribution < 1.29 is 24.2 Å². The number of methoxy groups -OCH3 is 1. The molecule has 3 N–H and O–H groups in total. The van der Waals surface area contributed by atoms with Gasteiger partial charge in [-0.1, -0.05) is 77.2 Å². The van der Waals surface area contributed by atoms with Crippen molar-refractivity contribution in [2.45, 2.75) is 96.2 Å². The van der Waals surface area contributed by atoms with Crippen molar-refractivity contribution in [2.24, 2.45) is 0 Å². The third kappa shape index (κ3) is 8.43. The normalized spacial score (nSPS) is 19.3. The van der Waals surface area contributed by atoms with E-state index in [2.05, 4.69) is 17.6 Å². The molecule has 0 spiro atoms. The highest BCUT2D eigenvalue weighted by molar-refractivity contribution is 6.00. The summed E-state index contributed by atoms with van der Waals surface area (Å²) < 4.78 is 5.59. The molecule has 1 aromatic carbocycles. The molecule has 0 aromatic heterocycles. The average Bonchev–Trinajstić information content (AvgIpc) is 3.44. The number of aromatic carboxylic acids is 1. The summed E-state index contributed by atoms with van der Waals surface area (Å²) in [4.78, 5) is 36.7. The van der Waals surface area contributed by atoms with Gasteiger partial charge in [0.25, 0.3) is 5.91 Å². The maximum absolute atomic E-state index is 13.0. The molecule has 9 nitrogen and oxygen atoms in total. The van der Waals surface area contributed by atoms with Gasteiger partial charge < -0.3 is 20.5 Å². The number of carboxylic acid groups (broad SMARTS) is 1. The molecule has 0 bridgehead atoms. The molecule has 1 saturated heterocycles. The summed E-state index contributed by atoms with van der Waals surface area (Å²) in [7, 11) is 1.60. The molecule has 1 aromatic rings. The van der Waals surface area contributed by atoms with E-state index in [-0.39, 0.29) is 29.6 Å². The second kappa shape index (κ2) is 14.9. The first-order valence-electron chi connectivity index (χ1n) is 13.9. The van der Waals surface area contributed by atoms with Gasteiger partial charge in [0.15, 0.2) is 0 Å². The van der Waals surface area contributed by atoms with Crippen LogP contribution in [-0.2, 0) is 11.3 Å². The summed E-state index contributed by atoms with van der Waals surface area (Å²) in [6, 6.07) is 4.17. The van der Waals surface area contributed by atoms with Crippen LogP contribution in [0.25, 0.3) is 0 Å². The van der Waals surface area contributed by atoms with Gasteiger partial charge in [0.2, 0.25) is 0 Å². The third-order valence-electron chi connectivity index (χ3n) is 7.42. The Labute approximate surface area is 220 Å². The Morgan fingerprint density at radius 2 is 1.65 bits per heavy atom. The SMILES string of the molecule is CCCCCCCCCCCCCNC(=O)N[C@H]1CN(N2Cc3ccc(C(=O)O)cc3C2=O)C[C@@H]1OC. The highest BCUT2D eigenvalue weighted by atomic mass is 16.5. The lowest BCUT2D eigenvalue weighted by atomic mass is 10.1. The molecular weight excluding hydrogens is 472 g/mol. The second-order valence-corrected chi connectivity index (χ2v) is 10.2.